The van der Waals surface area contributed by atoms with E-state index in [1.807, 2.05) is 0 Å². The van der Waals surface area contributed by atoms with Crippen LogP contribution in [-0.4, -0.2) is 42.6 Å². The molecule has 0 radical (unpaired) electrons. The largest absolute Gasteiger partial charge is 0.481 e. The third-order valence-corrected chi connectivity index (χ3v) is 3.79. The van der Waals surface area contributed by atoms with Gasteiger partial charge in [0.05, 0.1) is 13.0 Å². The van der Waals surface area contributed by atoms with E-state index in [-0.39, 0.29) is 38.5 Å². The predicted octanol–water partition coefficient (Wildman–Crippen LogP) is 0.420. The second-order valence-corrected chi connectivity index (χ2v) is 5.68. The predicted molar refractivity (Wildman–Crippen MR) is 75.4 cm³/mol. The van der Waals surface area contributed by atoms with Crippen LogP contribution < -0.4 is 11.1 Å². The number of carbonyl (C=O) groups is 3. The Balaban J connectivity index is 2.34. The molecule has 0 aliphatic heterocycles. The summed E-state index contributed by atoms with van der Waals surface area (Å²) in [4.78, 5) is 33.4. The van der Waals surface area contributed by atoms with E-state index < -0.39 is 17.3 Å². The molecule has 1 aliphatic carbocycles. The van der Waals surface area contributed by atoms with Gasteiger partial charge in [0.2, 0.25) is 11.8 Å². The van der Waals surface area contributed by atoms with Crippen molar-refractivity contribution in [1.82, 2.24) is 5.32 Å². The Bertz CT molecular complexity index is 378. The maximum Gasteiger partial charge on any atom is 0.303 e. The summed E-state index contributed by atoms with van der Waals surface area (Å²) >= 11 is 0. The summed E-state index contributed by atoms with van der Waals surface area (Å²) in [5.74, 6) is -1.57. The Kier molecular flexibility index (Phi) is 7.14. The molecule has 1 saturated carbocycles. The molecule has 120 valence electrons. The molecule has 0 bridgehead atoms. The Morgan fingerprint density at radius 3 is 2.38 bits per heavy atom. The van der Waals surface area contributed by atoms with Gasteiger partial charge >= 0.3 is 5.97 Å². The SMILES string of the molecule is NC(=O)COCCNC(=O)CC1(CC(=O)O)CCCCC1. The smallest absolute Gasteiger partial charge is 0.303 e. The highest BCUT2D eigenvalue weighted by Gasteiger charge is 2.36. The highest BCUT2D eigenvalue weighted by Crippen LogP contribution is 2.42. The third kappa shape index (κ3) is 7.08. The number of amides is 2. The van der Waals surface area contributed by atoms with E-state index >= 15 is 0 Å². The Labute approximate surface area is 124 Å². The fourth-order valence-electron chi connectivity index (χ4n) is 2.88. The number of nitrogens with two attached hydrogens (primary N) is 1. The van der Waals surface area contributed by atoms with Gasteiger partial charge in [-0.1, -0.05) is 19.3 Å². The zero-order valence-electron chi connectivity index (χ0n) is 12.2. The van der Waals surface area contributed by atoms with Crippen LogP contribution in [0.5, 0.6) is 0 Å². The number of carboxylic acid groups (broad SMARTS) is 1. The van der Waals surface area contributed by atoms with Gasteiger partial charge in [-0.05, 0) is 18.3 Å². The molecule has 0 atom stereocenters. The number of hydrogen-bond acceptors (Lipinski definition) is 4. The van der Waals surface area contributed by atoms with E-state index in [1.165, 1.54) is 0 Å². The molecule has 7 heteroatoms. The van der Waals surface area contributed by atoms with Crippen molar-refractivity contribution in [2.45, 2.75) is 44.9 Å². The minimum absolute atomic E-state index is 0.0403. The first kappa shape index (κ1) is 17.4. The van der Waals surface area contributed by atoms with Crippen molar-refractivity contribution in [3.63, 3.8) is 0 Å². The van der Waals surface area contributed by atoms with Crippen molar-refractivity contribution in [3.8, 4) is 0 Å². The molecule has 21 heavy (non-hydrogen) atoms. The first-order valence-corrected chi connectivity index (χ1v) is 7.28. The number of carboxylic acids is 1. The summed E-state index contributed by atoms with van der Waals surface area (Å²) in [6.07, 6.45) is 4.89. The third-order valence-electron chi connectivity index (χ3n) is 3.79. The standard InChI is InChI=1S/C14H24N2O5/c15-11(17)10-21-7-6-16-12(18)8-14(9-13(19)20)4-2-1-3-5-14/h1-10H2,(H2,15,17)(H,16,18)(H,19,20). The molecule has 0 saturated heterocycles. The summed E-state index contributed by atoms with van der Waals surface area (Å²) < 4.78 is 4.94. The Morgan fingerprint density at radius 2 is 1.81 bits per heavy atom. The topological polar surface area (TPSA) is 119 Å². The quantitative estimate of drug-likeness (QED) is 0.533. The lowest BCUT2D eigenvalue weighted by molar-refractivity contribution is -0.141. The van der Waals surface area contributed by atoms with Gasteiger partial charge < -0.3 is 20.9 Å². The molecule has 4 N–H and O–H groups in total. The number of nitrogens with one attached hydrogen (secondary N) is 1. The summed E-state index contributed by atoms with van der Waals surface area (Å²) in [7, 11) is 0. The molecule has 0 aromatic rings. The molecule has 0 unspecified atom stereocenters. The van der Waals surface area contributed by atoms with Gasteiger partial charge in [-0.25, -0.2) is 0 Å². The van der Waals surface area contributed by atoms with Crippen LogP contribution in [0.1, 0.15) is 44.9 Å². The fourth-order valence-corrected chi connectivity index (χ4v) is 2.88. The highest BCUT2D eigenvalue weighted by atomic mass is 16.5. The maximum absolute atomic E-state index is 11.9. The van der Waals surface area contributed by atoms with E-state index in [2.05, 4.69) is 5.32 Å². The van der Waals surface area contributed by atoms with E-state index in [1.54, 1.807) is 0 Å². The summed E-state index contributed by atoms with van der Waals surface area (Å²) in [5.41, 5.74) is 4.50. The van der Waals surface area contributed by atoms with Crippen LogP contribution in [0.3, 0.4) is 0 Å². The van der Waals surface area contributed by atoms with Gasteiger partial charge in [-0.15, -0.1) is 0 Å². The molecular formula is C14H24N2O5. The maximum atomic E-state index is 11.9. The molecule has 0 aromatic heterocycles. The molecule has 1 fully saturated rings. The lowest BCUT2D eigenvalue weighted by Crippen LogP contribution is -2.36. The number of rotatable bonds is 9. The molecule has 0 heterocycles. The Morgan fingerprint density at radius 1 is 1.14 bits per heavy atom. The van der Waals surface area contributed by atoms with Gasteiger partial charge in [0.15, 0.2) is 0 Å². The normalized spacial score (nSPS) is 17.1. The summed E-state index contributed by atoms with van der Waals surface area (Å²) in [6, 6.07) is 0. The lowest BCUT2D eigenvalue weighted by atomic mass is 9.69. The van der Waals surface area contributed by atoms with Gasteiger partial charge in [0.1, 0.15) is 6.61 Å². The molecule has 0 spiro atoms. The molecule has 7 nitrogen and oxygen atoms in total. The first-order valence-electron chi connectivity index (χ1n) is 7.28. The Hall–Kier alpha value is -1.63. The van der Waals surface area contributed by atoms with Crippen LogP contribution >= 0.6 is 0 Å². The molecular weight excluding hydrogens is 276 g/mol. The van der Waals surface area contributed by atoms with E-state index in [0.717, 1.165) is 32.1 Å². The van der Waals surface area contributed by atoms with Crippen molar-refractivity contribution in [1.29, 1.82) is 0 Å². The van der Waals surface area contributed by atoms with Crippen LogP contribution in [0.15, 0.2) is 0 Å². The van der Waals surface area contributed by atoms with E-state index in [4.69, 9.17) is 15.6 Å². The number of aliphatic carboxylic acids is 1. The van der Waals surface area contributed by atoms with Crippen LogP contribution in [0.25, 0.3) is 0 Å². The number of primary amides is 1. The van der Waals surface area contributed by atoms with Crippen molar-refractivity contribution in [3.05, 3.63) is 0 Å². The van der Waals surface area contributed by atoms with Gasteiger partial charge in [0.25, 0.3) is 0 Å². The molecule has 0 aromatic carbocycles. The van der Waals surface area contributed by atoms with Crippen LogP contribution in [0, 0.1) is 5.41 Å². The van der Waals surface area contributed by atoms with Gasteiger partial charge in [0, 0.05) is 13.0 Å². The molecule has 1 rings (SSSR count). The number of hydrogen-bond donors (Lipinski definition) is 3. The average Bonchev–Trinajstić information content (AvgIpc) is 2.37. The second kappa shape index (κ2) is 8.61. The molecule has 1 aliphatic rings. The van der Waals surface area contributed by atoms with Gasteiger partial charge in [-0.3, -0.25) is 14.4 Å². The van der Waals surface area contributed by atoms with E-state index in [9.17, 15) is 14.4 Å². The zero-order valence-corrected chi connectivity index (χ0v) is 12.2. The van der Waals surface area contributed by atoms with E-state index in [0.29, 0.717) is 0 Å². The van der Waals surface area contributed by atoms with Crippen molar-refractivity contribution in [2.24, 2.45) is 11.1 Å². The van der Waals surface area contributed by atoms with Crippen LogP contribution in [-0.2, 0) is 19.1 Å². The van der Waals surface area contributed by atoms with Crippen molar-refractivity contribution in [2.75, 3.05) is 19.8 Å². The number of carbonyl (C=O) groups excluding carboxylic acids is 2. The fraction of sp³-hybridized carbons (Fsp3) is 0.786. The minimum Gasteiger partial charge on any atom is -0.481 e. The minimum atomic E-state index is -0.852. The molecule has 2 amide bonds. The number of ether oxygens (including phenoxy) is 1. The summed E-state index contributed by atoms with van der Waals surface area (Å²) in [6.45, 7) is 0.328. The van der Waals surface area contributed by atoms with Crippen LogP contribution in [0.4, 0.5) is 0 Å². The van der Waals surface area contributed by atoms with Gasteiger partial charge in [-0.2, -0.15) is 0 Å². The van der Waals surface area contributed by atoms with Crippen molar-refractivity contribution >= 4 is 17.8 Å². The highest BCUT2D eigenvalue weighted by molar-refractivity contribution is 5.78. The monoisotopic (exact) mass is 300 g/mol. The zero-order chi connectivity index (χ0) is 15.7. The van der Waals surface area contributed by atoms with Crippen LogP contribution in [0.2, 0.25) is 0 Å². The lowest BCUT2D eigenvalue weighted by Gasteiger charge is -2.35. The summed E-state index contributed by atoms with van der Waals surface area (Å²) in [5, 5.41) is 11.7. The second-order valence-electron chi connectivity index (χ2n) is 5.68. The first-order chi connectivity index (χ1) is 9.93. The average molecular weight is 300 g/mol. The van der Waals surface area contributed by atoms with Crippen molar-refractivity contribution < 1.29 is 24.2 Å².